The lowest BCUT2D eigenvalue weighted by atomic mass is 9.91. The molecule has 0 aromatic heterocycles. The van der Waals surface area contributed by atoms with Gasteiger partial charge in [0, 0.05) is 0 Å². The third kappa shape index (κ3) is 3.84. The molecule has 20 heavy (non-hydrogen) atoms. The number of hydrogen-bond donors (Lipinski definition) is 1. The van der Waals surface area contributed by atoms with E-state index in [0.717, 1.165) is 44.1 Å². The molecule has 1 amide bonds. The molecule has 1 aliphatic carbocycles. The summed E-state index contributed by atoms with van der Waals surface area (Å²) < 4.78 is 0. The van der Waals surface area contributed by atoms with Crippen LogP contribution in [0.25, 0.3) is 0 Å². The van der Waals surface area contributed by atoms with Crippen molar-refractivity contribution in [2.24, 2.45) is 0 Å². The number of nitrogens with one attached hydrogen (secondary N) is 1. The summed E-state index contributed by atoms with van der Waals surface area (Å²) in [5, 5.41) is 12.4. The fraction of sp³-hybridized carbons (Fsp3) is 0.529. The predicted octanol–water partition coefficient (Wildman–Crippen LogP) is 3.27. The van der Waals surface area contributed by atoms with Crippen LogP contribution in [0.1, 0.15) is 49.7 Å². The summed E-state index contributed by atoms with van der Waals surface area (Å²) in [4.78, 5) is 12.2. The molecule has 2 rings (SSSR count). The van der Waals surface area contributed by atoms with Gasteiger partial charge in [-0.15, -0.1) is 0 Å². The molecule has 0 heterocycles. The molecule has 0 bridgehead atoms. The van der Waals surface area contributed by atoms with Gasteiger partial charge in [-0.05, 0) is 25.3 Å². The average molecular weight is 270 g/mol. The summed E-state index contributed by atoms with van der Waals surface area (Å²) >= 11 is 0. The number of nitrogens with zero attached hydrogens (tertiary/aromatic N) is 1. The van der Waals surface area contributed by atoms with E-state index < -0.39 is 5.54 Å². The fourth-order valence-corrected chi connectivity index (χ4v) is 2.80. The second-order valence-corrected chi connectivity index (χ2v) is 5.82. The summed E-state index contributed by atoms with van der Waals surface area (Å²) in [6, 6.07) is 10.3. The van der Waals surface area contributed by atoms with Crippen LogP contribution in [0.2, 0.25) is 0 Å². The number of amides is 1. The first-order valence-electron chi connectivity index (χ1n) is 7.41. The molecule has 3 heteroatoms. The molecule has 3 nitrogen and oxygen atoms in total. The van der Waals surface area contributed by atoms with Crippen molar-refractivity contribution in [2.75, 3.05) is 0 Å². The Labute approximate surface area is 121 Å². The molecule has 1 N–H and O–H groups in total. The predicted molar refractivity (Wildman–Crippen MR) is 79.1 cm³/mol. The van der Waals surface area contributed by atoms with E-state index in [9.17, 15) is 10.1 Å². The number of benzene rings is 1. The molecule has 1 aliphatic rings. The van der Waals surface area contributed by atoms with Gasteiger partial charge in [0.2, 0.25) is 5.91 Å². The summed E-state index contributed by atoms with van der Waals surface area (Å²) in [7, 11) is 0. The average Bonchev–Trinajstić information content (AvgIpc) is 2.67. The third-order valence-corrected chi connectivity index (χ3v) is 4.04. The van der Waals surface area contributed by atoms with Gasteiger partial charge >= 0.3 is 0 Å². The fourth-order valence-electron chi connectivity index (χ4n) is 2.80. The van der Waals surface area contributed by atoms with E-state index in [4.69, 9.17) is 0 Å². The zero-order valence-corrected chi connectivity index (χ0v) is 12.1. The van der Waals surface area contributed by atoms with Crippen molar-refractivity contribution in [1.82, 2.24) is 5.32 Å². The van der Waals surface area contributed by atoms with Crippen molar-refractivity contribution in [3.05, 3.63) is 35.4 Å². The number of carbonyl (C=O) groups excluding carboxylic acids is 1. The van der Waals surface area contributed by atoms with Crippen molar-refractivity contribution in [2.45, 2.75) is 57.4 Å². The third-order valence-electron chi connectivity index (χ3n) is 4.04. The first-order chi connectivity index (χ1) is 9.63. The monoisotopic (exact) mass is 270 g/mol. The Bertz CT molecular complexity index is 491. The van der Waals surface area contributed by atoms with Crippen LogP contribution in [0.3, 0.4) is 0 Å². The molecule has 0 aliphatic heterocycles. The van der Waals surface area contributed by atoms with Crippen LogP contribution in [0, 0.1) is 18.3 Å². The van der Waals surface area contributed by atoms with Crippen LogP contribution < -0.4 is 5.32 Å². The first-order valence-corrected chi connectivity index (χ1v) is 7.41. The normalized spacial score (nSPS) is 17.8. The van der Waals surface area contributed by atoms with E-state index in [0.29, 0.717) is 6.42 Å². The minimum Gasteiger partial charge on any atom is -0.338 e. The molecule has 1 fully saturated rings. The molecular weight excluding hydrogens is 248 g/mol. The maximum atomic E-state index is 12.2. The van der Waals surface area contributed by atoms with Gasteiger partial charge in [0.05, 0.1) is 12.5 Å². The van der Waals surface area contributed by atoms with Crippen molar-refractivity contribution >= 4 is 5.91 Å². The quantitative estimate of drug-likeness (QED) is 0.857. The van der Waals surface area contributed by atoms with Crippen LogP contribution in [0.15, 0.2) is 24.3 Å². The van der Waals surface area contributed by atoms with E-state index in [1.807, 2.05) is 31.2 Å². The highest BCUT2D eigenvalue weighted by Gasteiger charge is 2.32. The Balaban J connectivity index is 1.98. The van der Waals surface area contributed by atoms with Crippen molar-refractivity contribution in [1.29, 1.82) is 5.26 Å². The molecule has 106 valence electrons. The summed E-state index contributed by atoms with van der Waals surface area (Å²) in [5.74, 6) is -0.0442. The Morgan fingerprint density at radius 1 is 1.20 bits per heavy atom. The maximum Gasteiger partial charge on any atom is 0.225 e. The van der Waals surface area contributed by atoms with Crippen molar-refractivity contribution in [3.8, 4) is 6.07 Å². The number of rotatable bonds is 3. The van der Waals surface area contributed by atoms with Gasteiger partial charge in [0.25, 0.3) is 0 Å². The van der Waals surface area contributed by atoms with Crippen molar-refractivity contribution in [3.63, 3.8) is 0 Å². The Hall–Kier alpha value is -1.82. The second-order valence-electron chi connectivity index (χ2n) is 5.82. The highest BCUT2D eigenvalue weighted by molar-refractivity contribution is 5.79. The molecule has 0 unspecified atom stereocenters. The topological polar surface area (TPSA) is 52.9 Å². The van der Waals surface area contributed by atoms with Gasteiger partial charge in [-0.3, -0.25) is 4.79 Å². The van der Waals surface area contributed by atoms with Crippen LogP contribution in [0.4, 0.5) is 0 Å². The smallest absolute Gasteiger partial charge is 0.225 e. The Morgan fingerprint density at radius 2 is 1.80 bits per heavy atom. The standard InChI is InChI=1S/C17H22N2O/c1-14-6-8-15(9-7-14)12-16(20)19-17(13-18)10-4-2-3-5-11-17/h6-9H,2-5,10-12H2,1H3,(H,19,20). The lowest BCUT2D eigenvalue weighted by Gasteiger charge is -2.26. The van der Waals surface area contributed by atoms with Crippen LogP contribution in [0.5, 0.6) is 0 Å². The molecular formula is C17H22N2O. The number of hydrogen-bond acceptors (Lipinski definition) is 2. The second kappa shape index (κ2) is 6.56. The number of aryl methyl sites for hydroxylation is 1. The zero-order chi connectivity index (χ0) is 14.4. The van der Waals surface area contributed by atoms with Crippen molar-refractivity contribution < 1.29 is 4.79 Å². The van der Waals surface area contributed by atoms with Gasteiger partial charge in [-0.25, -0.2) is 0 Å². The minimum absolute atomic E-state index is 0.0442. The lowest BCUT2D eigenvalue weighted by Crippen LogP contribution is -2.47. The molecule has 0 spiro atoms. The van der Waals surface area contributed by atoms with E-state index in [-0.39, 0.29) is 5.91 Å². The van der Waals surface area contributed by atoms with Gasteiger partial charge in [-0.2, -0.15) is 5.26 Å². The van der Waals surface area contributed by atoms with Gasteiger partial charge in [-0.1, -0.05) is 55.5 Å². The van der Waals surface area contributed by atoms with Crippen LogP contribution in [-0.4, -0.2) is 11.4 Å². The SMILES string of the molecule is Cc1ccc(CC(=O)NC2(C#N)CCCCCC2)cc1. The highest BCUT2D eigenvalue weighted by atomic mass is 16.1. The largest absolute Gasteiger partial charge is 0.338 e. The molecule has 1 aromatic carbocycles. The van der Waals surface area contributed by atoms with Gasteiger partial charge in [0.1, 0.15) is 5.54 Å². The lowest BCUT2D eigenvalue weighted by molar-refractivity contribution is -0.121. The summed E-state index contributed by atoms with van der Waals surface area (Å²) in [6.07, 6.45) is 6.29. The Kier molecular flexibility index (Phi) is 4.79. The molecule has 0 radical (unpaired) electrons. The van der Waals surface area contributed by atoms with E-state index in [2.05, 4.69) is 11.4 Å². The summed E-state index contributed by atoms with van der Waals surface area (Å²) in [5.41, 5.74) is 1.54. The van der Waals surface area contributed by atoms with E-state index in [1.165, 1.54) is 5.56 Å². The molecule has 0 atom stereocenters. The summed E-state index contributed by atoms with van der Waals surface area (Å²) in [6.45, 7) is 2.03. The van der Waals surface area contributed by atoms with Crippen LogP contribution in [-0.2, 0) is 11.2 Å². The van der Waals surface area contributed by atoms with Gasteiger partial charge in [0.15, 0.2) is 0 Å². The molecule has 0 saturated heterocycles. The zero-order valence-electron chi connectivity index (χ0n) is 12.1. The highest BCUT2D eigenvalue weighted by Crippen LogP contribution is 2.26. The van der Waals surface area contributed by atoms with Crippen LogP contribution >= 0.6 is 0 Å². The minimum atomic E-state index is -0.641. The number of nitriles is 1. The Morgan fingerprint density at radius 3 is 2.35 bits per heavy atom. The van der Waals surface area contributed by atoms with E-state index >= 15 is 0 Å². The first kappa shape index (κ1) is 14.6. The van der Waals surface area contributed by atoms with E-state index in [1.54, 1.807) is 0 Å². The maximum absolute atomic E-state index is 12.2. The van der Waals surface area contributed by atoms with Gasteiger partial charge < -0.3 is 5.32 Å². The molecule has 1 aromatic rings. The number of carbonyl (C=O) groups is 1. The molecule has 1 saturated carbocycles.